The van der Waals surface area contributed by atoms with Crippen LogP contribution in [0.15, 0.2) is 42.0 Å². The number of carbonyl (C=O) groups excluding carboxylic acids is 1. The molecule has 0 aliphatic heterocycles. The van der Waals surface area contributed by atoms with Crippen molar-refractivity contribution in [3.05, 3.63) is 42.0 Å². The van der Waals surface area contributed by atoms with Gasteiger partial charge in [0.1, 0.15) is 0 Å². The number of hydrogen-bond donors (Lipinski definition) is 1. The van der Waals surface area contributed by atoms with Crippen LogP contribution < -0.4 is 5.32 Å². The van der Waals surface area contributed by atoms with Crippen molar-refractivity contribution in [2.24, 2.45) is 11.8 Å². The zero-order valence-electron chi connectivity index (χ0n) is 11.6. The van der Waals surface area contributed by atoms with Gasteiger partial charge in [-0.15, -0.1) is 11.3 Å². The summed E-state index contributed by atoms with van der Waals surface area (Å²) < 4.78 is 2.02. The smallest absolute Gasteiger partial charge is 0.227 e. The van der Waals surface area contributed by atoms with Gasteiger partial charge in [-0.25, -0.2) is 4.98 Å². The molecule has 4 nitrogen and oxygen atoms in total. The molecule has 106 valence electrons. The monoisotopic (exact) mass is 297 g/mol. The summed E-state index contributed by atoms with van der Waals surface area (Å²) in [4.78, 5) is 17.5. The Bertz CT molecular complexity index is 774. The number of hydrogen-bond acceptors (Lipinski definition) is 3. The second kappa shape index (κ2) is 4.70. The van der Waals surface area contributed by atoms with Crippen LogP contribution in [0, 0.1) is 11.8 Å². The number of aromatic nitrogens is 2. The van der Waals surface area contributed by atoms with Crippen molar-refractivity contribution in [2.45, 2.75) is 13.3 Å². The lowest BCUT2D eigenvalue weighted by Gasteiger charge is -2.05. The van der Waals surface area contributed by atoms with E-state index in [2.05, 4.69) is 17.2 Å². The predicted octanol–water partition coefficient (Wildman–Crippen LogP) is 3.66. The Hall–Kier alpha value is -2.14. The number of nitrogens with one attached hydrogen (secondary N) is 1. The van der Waals surface area contributed by atoms with E-state index >= 15 is 0 Å². The van der Waals surface area contributed by atoms with Gasteiger partial charge in [-0.3, -0.25) is 9.20 Å². The quantitative estimate of drug-likeness (QED) is 0.802. The molecule has 21 heavy (non-hydrogen) atoms. The number of anilines is 1. The Kier molecular flexibility index (Phi) is 2.82. The first-order valence-electron chi connectivity index (χ1n) is 7.04. The van der Waals surface area contributed by atoms with Crippen LogP contribution in [0.25, 0.3) is 16.2 Å². The number of benzene rings is 1. The Labute approximate surface area is 126 Å². The van der Waals surface area contributed by atoms with Gasteiger partial charge in [-0.1, -0.05) is 19.1 Å². The highest BCUT2D eigenvalue weighted by atomic mass is 32.1. The summed E-state index contributed by atoms with van der Waals surface area (Å²) >= 11 is 1.62. The van der Waals surface area contributed by atoms with Crippen LogP contribution >= 0.6 is 11.3 Å². The first-order chi connectivity index (χ1) is 10.2. The van der Waals surface area contributed by atoms with Crippen LogP contribution in [-0.2, 0) is 4.79 Å². The summed E-state index contributed by atoms with van der Waals surface area (Å²) in [5.74, 6) is 0.866. The zero-order valence-corrected chi connectivity index (χ0v) is 12.4. The van der Waals surface area contributed by atoms with Crippen LogP contribution in [0.3, 0.4) is 0 Å². The first kappa shape index (κ1) is 12.6. The number of rotatable bonds is 3. The lowest BCUT2D eigenvalue weighted by atomic mass is 10.1. The molecule has 3 aromatic rings. The highest BCUT2D eigenvalue weighted by molar-refractivity contribution is 7.15. The van der Waals surface area contributed by atoms with Crippen molar-refractivity contribution >= 4 is 27.9 Å². The third kappa shape index (κ3) is 2.34. The molecule has 0 radical (unpaired) electrons. The SMILES string of the molecule is C[C@H]1C[C@H]1C(=O)Nc1ccc(-c2cn3ccsc3n2)cc1. The maximum Gasteiger partial charge on any atom is 0.227 e. The van der Waals surface area contributed by atoms with Gasteiger partial charge >= 0.3 is 0 Å². The van der Waals surface area contributed by atoms with Gasteiger partial charge in [0.25, 0.3) is 0 Å². The van der Waals surface area contributed by atoms with E-state index in [-0.39, 0.29) is 11.8 Å². The number of thiazole rings is 1. The first-order valence-corrected chi connectivity index (χ1v) is 7.92. The van der Waals surface area contributed by atoms with Crippen molar-refractivity contribution in [3.8, 4) is 11.3 Å². The van der Waals surface area contributed by atoms with Crippen molar-refractivity contribution in [1.29, 1.82) is 0 Å². The maximum atomic E-state index is 11.9. The molecule has 0 bridgehead atoms. The van der Waals surface area contributed by atoms with Gasteiger partial charge in [-0.05, 0) is 24.5 Å². The summed E-state index contributed by atoms with van der Waals surface area (Å²) in [5.41, 5.74) is 2.86. The minimum absolute atomic E-state index is 0.137. The van der Waals surface area contributed by atoms with E-state index < -0.39 is 0 Å². The molecule has 1 amide bonds. The number of imidazole rings is 1. The Balaban J connectivity index is 1.53. The fourth-order valence-electron chi connectivity index (χ4n) is 2.51. The van der Waals surface area contributed by atoms with Gasteiger partial charge < -0.3 is 5.32 Å². The topological polar surface area (TPSA) is 46.4 Å². The number of fused-ring (bicyclic) bond motifs is 1. The van der Waals surface area contributed by atoms with E-state index in [0.717, 1.165) is 28.3 Å². The maximum absolute atomic E-state index is 11.9. The molecule has 1 N–H and O–H groups in total. The second-order valence-electron chi connectivity index (χ2n) is 5.61. The van der Waals surface area contributed by atoms with Gasteiger partial charge in [0, 0.05) is 34.9 Å². The molecule has 0 saturated heterocycles. The Morgan fingerprint density at radius 3 is 2.81 bits per heavy atom. The molecule has 4 rings (SSSR count). The molecule has 0 unspecified atom stereocenters. The molecule has 2 heterocycles. The summed E-state index contributed by atoms with van der Waals surface area (Å²) in [6, 6.07) is 7.87. The molecule has 1 fully saturated rings. The number of amides is 1. The van der Waals surface area contributed by atoms with Crippen LogP contribution in [0.2, 0.25) is 0 Å². The second-order valence-corrected chi connectivity index (χ2v) is 6.48. The molecule has 1 aliphatic rings. The van der Waals surface area contributed by atoms with Crippen molar-refractivity contribution in [1.82, 2.24) is 9.38 Å². The fraction of sp³-hybridized carbons (Fsp3) is 0.250. The molecule has 2 aromatic heterocycles. The molecular weight excluding hydrogens is 282 g/mol. The number of carbonyl (C=O) groups is 1. The van der Waals surface area contributed by atoms with Gasteiger partial charge in [0.05, 0.1) is 5.69 Å². The third-order valence-corrected chi connectivity index (χ3v) is 4.76. The highest BCUT2D eigenvalue weighted by Gasteiger charge is 2.38. The van der Waals surface area contributed by atoms with Crippen LogP contribution in [0.5, 0.6) is 0 Å². The normalized spacial score (nSPS) is 20.6. The van der Waals surface area contributed by atoms with Gasteiger partial charge in [0.2, 0.25) is 5.91 Å². The fourth-order valence-corrected chi connectivity index (χ4v) is 3.21. The molecular formula is C16H15N3OS. The molecule has 1 aliphatic carbocycles. The van der Waals surface area contributed by atoms with E-state index in [9.17, 15) is 4.79 Å². The Morgan fingerprint density at radius 1 is 1.38 bits per heavy atom. The number of nitrogens with zero attached hydrogens (tertiary/aromatic N) is 2. The van der Waals surface area contributed by atoms with Gasteiger partial charge in [0.15, 0.2) is 4.96 Å². The predicted molar refractivity (Wildman–Crippen MR) is 84.4 cm³/mol. The minimum Gasteiger partial charge on any atom is -0.326 e. The summed E-state index contributed by atoms with van der Waals surface area (Å²) in [7, 11) is 0. The summed E-state index contributed by atoms with van der Waals surface area (Å²) in [6.07, 6.45) is 5.03. The summed E-state index contributed by atoms with van der Waals surface area (Å²) in [5, 5.41) is 4.99. The molecule has 1 saturated carbocycles. The van der Waals surface area contributed by atoms with Crippen molar-refractivity contribution < 1.29 is 4.79 Å². The van der Waals surface area contributed by atoms with Crippen LogP contribution in [0.1, 0.15) is 13.3 Å². The van der Waals surface area contributed by atoms with Crippen molar-refractivity contribution in [2.75, 3.05) is 5.32 Å². The minimum atomic E-state index is 0.137. The highest BCUT2D eigenvalue weighted by Crippen LogP contribution is 2.38. The molecule has 0 spiro atoms. The zero-order chi connectivity index (χ0) is 14.4. The lowest BCUT2D eigenvalue weighted by Crippen LogP contribution is -2.14. The largest absolute Gasteiger partial charge is 0.326 e. The van der Waals surface area contributed by atoms with E-state index in [1.807, 2.05) is 46.4 Å². The Morgan fingerprint density at radius 2 is 2.14 bits per heavy atom. The summed E-state index contributed by atoms with van der Waals surface area (Å²) in [6.45, 7) is 2.11. The van der Waals surface area contributed by atoms with Gasteiger partial charge in [-0.2, -0.15) is 0 Å². The van der Waals surface area contributed by atoms with Crippen molar-refractivity contribution in [3.63, 3.8) is 0 Å². The van der Waals surface area contributed by atoms with Crippen LogP contribution in [0.4, 0.5) is 5.69 Å². The standard InChI is InChI=1S/C16H15N3OS/c1-10-8-13(10)15(20)17-12-4-2-11(3-5-12)14-9-19-6-7-21-16(19)18-14/h2-7,9-10,13H,8H2,1H3,(H,17,20)/t10-,13+/m0/s1. The average Bonchev–Trinajstić information content (AvgIpc) is 2.87. The molecule has 1 aromatic carbocycles. The lowest BCUT2D eigenvalue weighted by molar-refractivity contribution is -0.117. The van der Waals surface area contributed by atoms with E-state index in [4.69, 9.17) is 0 Å². The third-order valence-electron chi connectivity index (χ3n) is 3.99. The van der Waals surface area contributed by atoms with E-state index in [0.29, 0.717) is 5.92 Å². The average molecular weight is 297 g/mol. The van der Waals surface area contributed by atoms with Crippen LogP contribution in [-0.4, -0.2) is 15.3 Å². The van der Waals surface area contributed by atoms with E-state index in [1.165, 1.54) is 0 Å². The van der Waals surface area contributed by atoms with E-state index in [1.54, 1.807) is 11.3 Å². The molecule has 5 heteroatoms. The molecule has 2 atom stereocenters.